The van der Waals surface area contributed by atoms with Gasteiger partial charge in [0.15, 0.2) is 0 Å². The van der Waals surface area contributed by atoms with Crippen molar-refractivity contribution >= 4 is 28.4 Å². The van der Waals surface area contributed by atoms with Gasteiger partial charge >= 0.3 is 0 Å². The molecular weight excluding hydrogens is 342 g/mol. The van der Waals surface area contributed by atoms with E-state index in [0.29, 0.717) is 5.75 Å². The lowest BCUT2D eigenvalue weighted by atomic mass is 10.1. The molecule has 0 atom stereocenters. The van der Waals surface area contributed by atoms with Crippen LogP contribution in [0.2, 0.25) is 0 Å². The highest BCUT2D eigenvalue weighted by atomic mass is 32.2. The Morgan fingerprint density at radius 1 is 0.923 bits per heavy atom. The Bertz CT molecular complexity index is 905. The van der Waals surface area contributed by atoms with Gasteiger partial charge in [0, 0.05) is 18.7 Å². The molecule has 26 heavy (non-hydrogen) atoms. The Kier molecular flexibility index (Phi) is 5.16. The van der Waals surface area contributed by atoms with Gasteiger partial charge in [-0.3, -0.25) is 4.79 Å². The number of nitrogens with zero attached hydrogens (tertiary/aromatic N) is 3. The molecule has 1 saturated heterocycles. The lowest BCUT2D eigenvalue weighted by Crippen LogP contribution is -2.36. The van der Waals surface area contributed by atoms with Gasteiger partial charge in [-0.15, -0.1) is 10.2 Å². The van der Waals surface area contributed by atoms with Gasteiger partial charge in [0.05, 0.1) is 11.4 Å². The molecule has 1 aromatic heterocycles. The van der Waals surface area contributed by atoms with Gasteiger partial charge < -0.3 is 4.90 Å². The van der Waals surface area contributed by atoms with Crippen molar-refractivity contribution in [3.63, 3.8) is 0 Å². The molecule has 4 rings (SSSR count). The van der Waals surface area contributed by atoms with E-state index in [1.807, 2.05) is 29.2 Å². The summed E-state index contributed by atoms with van der Waals surface area (Å²) < 4.78 is 0. The summed E-state index contributed by atoms with van der Waals surface area (Å²) in [5, 5.41) is 11.8. The molecule has 132 valence electrons. The van der Waals surface area contributed by atoms with Gasteiger partial charge in [-0.1, -0.05) is 48.2 Å². The number of fused-ring (bicyclic) bond motifs is 1. The van der Waals surface area contributed by atoms with Gasteiger partial charge in [0.1, 0.15) is 5.03 Å². The zero-order valence-electron chi connectivity index (χ0n) is 14.6. The van der Waals surface area contributed by atoms with Crippen molar-refractivity contribution in [2.45, 2.75) is 24.3 Å². The van der Waals surface area contributed by atoms with Crippen LogP contribution in [0.25, 0.3) is 22.0 Å². The van der Waals surface area contributed by atoms with E-state index in [1.165, 1.54) is 29.0 Å². The van der Waals surface area contributed by atoms with Crippen molar-refractivity contribution in [2.75, 3.05) is 18.8 Å². The number of rotatable bonds is 4. The Balaban J connectivity index is 1.41. The third kappa shape index (κ3) is 3.88. The third-order valence-electron chi connectivity index (χ3n) is 4.74. The monoisotopic (exact) mass is 363 g/mol. The third-order valence-corrected chi connectivity index (χ3v) is 5.64. The molecule has 5 heteroatoms. The first-order valence-electron chi connectivity index (χ1n) is 9.03. The minimum Gasteiger partial charge on any atom is -0.342 e. The molecule has 2 heterocycles. The van der Waals surface area contributed by atoms with Crippen LogP contribution >= 0.6 is 11.8 Å². The van der Waals surface area contributed by atoms with Crippen molar-refractivity contribution in [2.24, 2.45) is 0 Å². The number of benzene rings is 2. The van der Waals surface area contributed by atoms with E-state index >= 15 is 0 Å². The van der Waals surface area contributed by atoms with Crippen LogP contribution in [0.4, 0.5) is 0 Å². The van der Waals surface area contributed by atoms with Crippen LogP contribution in [-0.4, -0.2) is 39.8 Å². The van der Waals surface area contributed by atoms with E-state index in [1.54, 1.807) is 0 Å². The average molecular weight is 363 g/mol. The van der Waals surface area contributed by atoms with Crippen LogP contribution in [0.5, 0.6) is 0 Å². The summed E-state index contributed by atoms with van der Waals surface area (Å²) in [5.41, 5.74) is 1.90. The number of hydrogen-bond acceptors (Lipinski definition) is 4. The number of carbonyl (C=O) groups is 1. The van der Waals surface area contributed by atoms with E-state index in [2.05, 4.69) is 40.5 Å². The van der Waals surface area contributed by atoms with Crippen LogP contribution in [-0.2, 0) is 4.79 Å². The lowest BCUT2D eigenvalue weighted by Gasteiger charge is -2.26. The smallest absolute Gasteiger partial charge is 0.232 e. The molecule has 0 saturated carbocycles. The highest BCUT2D eigenvalue weighted by Gasteiger charge is 2.16. The van der Waals surface area contributed by atoms with Crippen LogP contribution in [0.3, 0.4) is 0 Å². The van der Waals surface area contributed by atoms with Gasteiger partial charge in [-0.05, 0) is 48.2 Å². The van der Waals surface area contributed by atoms with E-state index in [0.717, 1.165) is 42.2 Å². The Morgan fingerprint density at radius 3 is 2.50 bits per heavy atom. The zero-order chi connectivity index (χ0) is 17.8. The second-order valence-electron chi connectivity index (χ2n) is 6.55. The Hall–Kier alpha value is -2.40. The summed E-state index contributed by atoms with van der Waals surface area (Å²) in [7, 11) is 0. The maximum Gasteiger partial charge on any atom is 0.232 e. The Labute approximate surface area is 157 Å². The fraction of sp³-hybridized carbons (Fsp3) is 0.286. The number of aromatic nitrogens is 2. The first-order valence-corrected chi connectivity index (χ1v) is 10.0. The molecule has 0 bridgehead atoms. The van der Waals surface area contributed by atoms with Gasteiger partial charge in [-0.2, -0.15) is 0 Å². The van der Waals surface area contributed by atoms with Gasteiger partial charge in [0.25, 0.3) is 0 Å². The fourth-order valence-electron chi connectivity index (χ4n) is 3.27. The molecule has 0 radical (unpaired) electrons. The van der Waals surface area contributed by atoms with Crippen molar-refractivity contribution in [1.29, 1.82) is 0 Å². The molecule has 1 amide bonds. The second kappa shape index (κ2) is 7.87. The molecule has 1 aliphatic rings. The lowest BCUT2D eigenvalue weighted by molar-refractivity contribution is -0.129. The summed E-state index contributed by atoms with van der Waals surface area (Å²) in [6.07, 6.45) is 3.48. The highest BCUT2D eigenvalue weighted by molar-refractivity contribution is 7.99. The predicted molar refractivity (Wildman–Crippen MR) is 106 cm³/mol. The highest BCUT2D eigenvalue weighted by Crippen LogP contribution is 2.24. The number of thioether (sulfide) groups is 1. The van der Waals surface area contributed by atoms with Crippen LogP contribution in [0.1, 0.15) is 19.3 Å². The molecule has 0 unspecified atom stereocenters. The summed E-state index contributed by atoms with van der Waals surface area (Å²) >= 11 is 1.46. The van der Waals surface area contributed by atoms with Crippen LogP contribution in [0.15, 0.2) is 59.6 Å². The summed E-state index contributed by atoms with van der Waals surface area (Å²) in [4.78, 5) is 14.2. The number of carbonyl (C=O) groups excluding carboxylic acids is 1. The standard InChI is InChI=1S/C21H21N3OS/c25-21(24-12-4-1-5-13-24)15-26-20-11-10-19(22-23-20)18-9-8-16-6-2-3-7-17(16)14-18/h2-3,6-11,14H,1,4-5,12-13,15H2. The van der Waals surface area contributed by atoms with Crippen molar-refractivity contribution < 1.29 is 4.79 Å². The quantitative estimate of drug-likeness (QED) is 0.645. The van der Waals surface area contributed by atoms with Gasteiger partial charge in [0.2, 0.25) is 5.91 Å². The molecule has 1 fully saturated rings. The first-order chi connectivity index (χ1) is 12.8. The summed E-state index contributed by atoms with van der Waals surface area (Å²) in [6.45, 7) is 1.79. The molecule has 0 N–H and O–H groups in total. The minimum atomic E-state index is 0.204. The molecule has 4 nitrogen and oxygen atoms in total. The second-order valence-corrected chi connectivity index (χ2v) is 7.54. The van der Waals surface area contributed by atoms with Crippen LogP contribution in [0, 0.1) is 0 Å². The molecule has 0 spiro atoms. The SMILES string of the molecule is O=C(CSc1ccc(-c2ccc3ccccc3c2)nn1)N1CCCCC1. The number of hydrogen-bond donors (Lipinski definition) is 0. The average Bonchev–Trinajstić information content (AvgIpc) is 2.72. The maximum absolute atomic E-state index is 12.2. The fourth-order valence-corrected chi connectivity index (χ4v) is 3.99. The maximum atomic E-state index is 12.2. The number of likely N-dealkylation sites (tertiary alicyclic amines) is 1. The first kappa shape index (κ1) is 17.0. The number of piperidine rings is 1. The predicted octanol–water partition coefficient (Wildman–Crippen LogP) is 4.40. The van der Waals surface area contributed by atoms with Crippen molar-refractivity contribution in [3.8, 4) is 11.3 Å². The molecule has 1 aliphatic heterocycles. The zero-order valence-corrected chi connectivity index (χ0v) is 15.4. The largest absolute Gasteiger partial charge is 0.342 e. The molecular formula is C21H21N3OS. The normalized spacial score (nSPS) is 14.5. The summed E-state index contributed by atoms with van der Waals surface area (Å²) in [5.74, 6) is 0.638. The summed E-state index contributed by atoms with van der Waals surface area (Å²) in [6, 6.07) is 18.5. The van der Waals surface area contributed by atoms with Crippen LogP contribution < -0.4 is 0 Å². The minimum absolute atomic E-state index is 0.204. The van der Waals surface area contributed by atoms with Gasteiger partial charge in [-0.25, -0.2) is 0 Å². The van der Waals surface area contributed by atoms with E-state index < -0.39 is 0 Å². The van der Waals surface area contributed by atoms with E-state index in [9.17, 15) is 4.79 Å². The van der Waals surface area contributed by atoms with E-state index in [4.69, 9.17) is 0 Å². The topological polar surface area (TPSA) is 46.1 Å². The molecule has 2 aromatic carbocycles. The van der Waals surface area contributed by atoms with Crippen molar-refractivity contribution in [3.05, 3.63) is 54.6 Å². The number of amides is 1. The molecule has 3 aromatic rings. The van der Waals surface area contributed by atoms with Crippen molar-refractivity contribution in [1.82, 2.24) is 15.1 Å². The Morgan fingerprint density at radius 2 is 1.73 bits per heavy atom. The molecule has 0 aliphatic carbocycles. The van der Waals surface area contributed by atoms with E-state index in [-0.39, 0.29) is 5.91 Å².